The van der Waals surface area contributed by atoms with Gasteiger partial charge in [0, 0.05) is 24.7 Å². The minimum Gasteiger partial charge on any atom is -0.469 e. The zero-order valence-corrected chi connectivity index (χ0v) is 11.8. The van der Waals surface area contributed by atoms with Crippen molar-refractivity contribution in [2.24, 2.45) is 0 Å². The summed E-state index contributed by atoms with van der Waals surface area (Å²) in [5.41, 5.74) is 0.672. The number of methoxy groups -OCH3 is 1. The summed E-state index contributed by atoms with van der Waals surface area (Å²) in [6.45, 7) is 3.84. The van der Waals surface area contributed by atoms with Gasteiger partial charge in [0.05, 0.1) is 26.2 Å². The second-order valence-corrected chi connectivity index (χ2v) is 4.97. The summed E-state index contributed by atoms with van der Waals surface area (Å²) in [4.78, 5) is 13.4. The fourth-order valence-electron chi connectivity index (χ4n) is 2.50. The number of nitrogens with zero attached hydrogens (tertiary/aromatic N) is 1. The van der Waals surface area contributed by atoms with Crippen LogP contribution in [0.15, 0.2) is 24.3 Å². The Bertz CT molecular complexity index is 466. The van der Waals surface area contributed by atoms with Gasteiger partial charge >= 0.3 is 5.97 Å². The standard InChI is InChI=1S/C15H20FNO3/c1-11(13-5-3-4-6-14(13)16)17-7-8-20-12(10-17)9-15(18)19-2/h3-6,11-12H,7-10H2,1-2H3/t11-,12-/m1/s1. The first-order chi connectivity index (χ1) is 9.61. The zero-order valence-electron chi connectivity index (χ0n) is 11.8. The van der Waals surface area contributed by atoms with Gasteiger partial charge in [-0.15, -0.1) is 0 Å². The maximum absolute atomic E-state index is 13.8. The summed E-state index contributed by atoms with van der Waals surface area (Å²) in [6.07, 6.45) is 0.0437. The Balaban J connectivity index is 2.01. The third-order valence-corrected chi connectivity index (χ3v) is 3.70. The summed E-state index contributed by atoms with van der Waals surface area (Å²) in [5, 5.41) is 0. The van der Waals surface area contributed by atoms with Crippen molar-refractivity contribution in [3.05, 3.63) is 35.6 Å². The molecule has 0 N–H and O–H groups in total. The first-order valence-electron chi connectivity index (χ1n) is 6.78. The fourth-order valence-corrected chi connectivity index (χ4v) is 2.50. The monoisotopic (exact) mass is 281 g/mol. The topological polar surface area (TPSA) is 38.8 Å². The Morgan fingerprint density at radius 3 is 3.00 bits per heavy atom. The zero-order chi connectivity index (χ0) is 14.5. The van der Waals surface area contributed by atoms with Gasteiger partial charge in [-0.1, -0.05) is 18.2 Å². The molecule has 1 aliphatic heterocycles. The molecule has 4 nitrogen and oxygen atoms in total. The molecular formula is C15H20FNO3. The highest BCUT2D eigenvalue weighted by molar-refractivity contribution is 5.69. The summed E-state index contributed by atoms with van der Waals surface area (Å²) < 4.78 is 24.0. The van der Waals surface area contributed by atoms with Gasteiger partial charge in [-0.25, -0.2) is 4.39 Å². The van der Waals surface area contributed by atoms with E-state index in [0.29, 0.717) is 18.7 Å². The first kappa shape index (κ1) is 14.9. The molecule has 0 aromatic heterocycles. The highest BCUT2D eigenvalue weighted by atomic mass is 19.1. The molecule has 0 saturated carbocycles. The average molecular weight is 281 g/mol. The van der Waals surface area contributed by atoms with Gasteiger partial charge in [0.25, 0.3) is 0 Å². The van der Waals surface area contributed by atoms with E-state index in [1.165, 1.54) is 13.2 Å². The van der Waals surface area contributed by atoms with Crippen LogP contribution in [0.3, 0.4) is 0 Å². The van der Waals surface area contributed by atoms with Crippen LogP contribution in [0, 0.1) is 5.82 Å². The number of esters is 1. The molecular weight excluding hydrogens is 261 g/mol. The van der Waals surface area contributed by atoms with Crippen LogP contribution < -0.4 is 0 Å². The summed E-state index contributed by atoms with van der Waals surface area (Å²) >= 11 is 0. The fraction of sp³-hybridized carbons (Fsp3) is 0.533. The van der Waals surface area contributed by atoms with Crippen LogP contribution >= 0.6 is 0 Å². The van der Waals surface area contributed by atoms with Gasteiger partial charge in [0.15, 0.2) is 0 Å². The smallest absolute Gasteiger partial charge is 0.308 e. The van der Waals surface area contributed by atoms with E-state index in [1.807, 2.05) is 13.0 Å². The van der Waals surface area contributed by atoms with E-state index < -0.39 is 0 Å². The van der Waals surface area contributed by atoms with Crippen molar-refractivity contribution in [2.75, 3.05) is 26.8 Å². The number of halogens is 1. The van der Waals surface area contributed by atoms with E-state index in [0.717, 1.165) is 6.54 Å². The molecule has 0 amide bonds. The molecule has 0 bridgehead atoms. The normalized spacial score (nSPS) is 21.4. The van der Waals surface area contributed by atoms with Crippen molar-refractivity contribution in [1.29, 1.82) is 0 Å². The Labute approximate surface area is 118 Å². The summed E-state index contributed by atoms with van der Waals surface area (Å²) in [6, 6.07) is 6.75. The van der Waals surface area contributed by atoms with Gasteiger partial charge in [0.1, 0.15) is 5.82 Å². The van der Waals surface area contributed by atoms with E-state index in [2.05, 4.69) is 9.64 Å². The quantitative estimate of drug-likeness (QED) is 0.793. The predicted molar refractivity (Wildman–Crippen MR) is 72.8 cm³/mol. The highest BCUT2D eigenvalue weighted by Crippen LogP contribution is 2.25. The van der Waals surface area contributed by atoms with Crippen molar-refractivity contribution in [3.63, 3.8) is 0 Å². The lowest BCUT2D eigenvalue weighted by atomic mass is 10.0. The number of carbonyl (C=O) groups is 1. The summed E-state index contributed by atoms with van der Waals surface area (Å²) in [7, 11) is 1.37. The van der Waals surface area contributed by atoms with Crippen LogP contribution in [0.2, 0.25) is 0 Å². The van der Waals surface area contributed by atoms with Crippen LogP contribution in [0.1, 0.15) is 24.9 Å². The Hall–Kier alpha value is -1.46. The molecule has 110 valence electrons. The average Bonchev–Trinajstić information content (AvgIpc) is 2.47. The van der Waals surface area contributed by atoms with Gasteiger partial charge in [-0.05, 0) is 13.0 Å². The SMILES string of the molecule is COC(=O)C[C@@H]1CN([C@H](C)c2ccccc2F)CCO1. The maximum atomic E-state index is 13.8. The van der Waals surface area contributed by atoms with Crippen LogP contribution in [0.5, 0.6) is 0 Å². The van der Waals surface area contributed by atoms with Gasteiger partial charge < -0.3 is 9.47 Å². The van der Waals surface area contributed by atoms with Crippen LogP contribution in [0.4, 0.5) is 4.39 Å². The highest BCUT2D eigenvalue weighted by Gasteiger charge is 2.27. The number of ether oxygens (including phenoxy) is 2. The maximum Gasteiger partial charge on any atom is 0.308 e. The van der Waals surface area contributed by atoms with Crippen molar-refractivity contribution in [3.8, 4) is 0 Å². The number of morpholine rings is 1. The molecule has 1 aliphatic rings. The molecule has 1 saturated heterocycles. The lowest BCUT2D eigenvalue weighted by Gasteiger charge is -2.36. The Morgan fingerprint density at radius 1 is 1.55 bits per heavy atom. The molecule has 0 aliphatic carbocycles. The number of benzene rings is 1. The molecule has 5 heteroatoms. The number of hydrogen-bond donors (Lipinski definition) is 0. The second-order valence-electron chi connectivity index (χ2n) is 4.97. The van der Waals surface area contributed by atoms with E-state index in [9.17, 15) is 9.18 Å². The van der Waals surface area contributed by atoms with Crippen molar-refractivity contribution in [1.82, 2.24) is 4.90 Å². The van der Waals surface area contributed by atoms with Crippen LogP contribution in [0.25, 0.3) is 0 Å². The van der Waals surface area contributed by atoms with Gasteiger partial charge in [-0.2, -0.15) is 0 Å². The van der Waals surface area contributed by atoms with Crippen molar-refractivity contribution < 1.29 is 18.7 Å². The minimum absolute atomic E-state index is 0.0414. The number of carbonyl (C=O) groups excluding carboxylic acids is 1. The van der Waals surface area contributed by atoms with Gasteiger partial charge in [-0.3, -0.25) is 9.69 Å². The lowest BCUT2D eigenvalue weighted by molar-refractivity contribution is -0.146. The minimum atomic E-state index is -0.282. The molecule has 1 heterocycles. The van der Waals surface area contributed by atoms with E-state index in [1.54, 1.807) is 12.1 Å². The van der Waals surface area contributed by atoms with Crippen molar-refractivity contribution >= 4 is 5.97 Å². The van der Waals surface area contributed by atoms with Crippen LogP contribution in [-0.2, 0) is 14.3 Å². The van der Waals surface area contributed by atoms with Crippen LogP contribution in [-0.4, -0.2) is 43.8 Å². The van der Waals surface area contributed by atoms with Gasteiger partial charge in [0.2, 0.25) is 0 Å². The molecule has 1 aromatic rings. The lowest BCUT2D eigenvalue weighted by Crippen LogP contribution is -2.44. The van der Waals surface area contributed by atoms with E-state index >= 15 is 0 Å². The molecule has 2 atom stereocenters. The Kier molecular flexibility index (Phi) is 5.09. The molecule has 0 unspecified atom stereocenters. The first-order valence-corrected chi connectivity index (χ1v) is 6.78. The Morgan fingerprint density at radius 2 is 2.30 bits per heavy atom. The van der Waals surface area contributed by atoms with E-state index in [-0.39, 0.29) is 30.4 Å². The molecule has 0 radical (unpaired) electrons. The molecule has 2 rings (SSSR count). The van der Waals surface area contributed by atoms with E-state index in [4.69, 9.17) is 4.74 Å². The number of rotatable bonds is 4. The summed E-state index contributed by atoms with van der Waals surface area (Å²) in [5.74, 6) is -0.480. The molecule has 1 fully saturated rings. The third kappa shape index (κ3) is 3.55. The molecule has 0 spiro atoms. The second kappa shape index (κ2) is 6.81. The number of hydrogen-bond acceptors (Lipinski definition) is 4. The third-order valence-electron chi connectivity index (χ3n) is 3.70. The predicted octanol–water partition coefficient (Wildman–Crippen LogP) is 2.15. The largest absolute Gasteiger partial charge is 0.469 e. The molecule has 1 aromatic carbocycles. The van der Waals surface area contributed by atoms with Crippen molar-refractivity contribution in [2.45, 2.75) is 25.5 Å². The molecule has 20 heavy (non-hydrogen) atoms.